The number of hydrogen-bond donors (Lipinski definition) is 1. The van der Waals surface area contributed by atoms with Crippen LogP contribution in [-0.4, -0.2) is 35.1 Å². The molecule has 1 heterocycles. The van der Waals surface area contributed by atoms with Crippen LogP contribution in [0, 0.1) is 0 Å². The Morgan fingerprint density at radius 3 is 2.34 bits per heavy atom. The summed E-state index contributed by atoms with van der Waals surface area (Å²) in [6, 6.07) is 25.5. The molecule has 7 heteroatoms. The van der Waals surface area contributed by atoms with Crippen LogP contribution in [0.15, 0.2) is 90.2 Å². The van der Waals surface area contributed by atoms with Crippen LogP contribution in [0.1, 0.15) is 44.2 Å². The second-order valence-corrected chi connectivity index (χ2v) is 8.92. The van der Waals surface area contributed by atoms with E-state index in [4.69, 9.17) is 14.6 Å². The zero-order valence-electron chi connectivity index (χ0n) is 22.0. The van der Waals surface area contributed by atoms with E-state index in [2.05, 4.69) is 24.4 Å². The lowest BCUT2D eigenvalue weighted by atomic mass is 10.1. The maximum Gasteiger partial charge on any atom is 0.277 e. The highest BCUT2D eigenvalue weighted by Crippen LogP contribution is 2.25. The quantitative estimate of drug-likeness (QED) is 0.172. The summed E-state index contributed by atoms with van der Waals surface area (Å²) in [6.07, 6.45) is 7.80. The van der Waals surface area contributed by atoms with Crippen LogP contribution in [0.25, 0.3) is 16.9 Å². The summed E-state index contributed by atoms with van der Waals surface area (Å²) >= 11 is 0. The van der Waals surface area contributed by atoms with Gasteiger partial charge in [0.05, 0.1) is 18.5 Å². The van der Waals surface area contributed by atoms with E-state index in [1.807, 2.05) is 85.1 Å². The van der Waals surface area contributed by atoms with Gasteiger partial charge in [-0.15, -0.1) is 0 Å². The Labute approximate surface area is 224 Å². The zero-order valence-corrected chi connectivity index (χ0v) is 22.0. The van der Waals surface area contributed by atoms with Crippen LogP contribution in [0.4, 0.5) is 0 Å². The molecule has 0 spiro atoms. The monoisotopic (exact) mass is 510 g/mol. The summed E-state index contributed by atoms with van der Waals surface area (Å²) in [5.41, 5.74) is 7.17. The van der Waals surface area contributed by atoms with Crippen molar-refractivity contribution in [3.8, 4) is 28.4 Å². The lowest BCUT2D eigenvalue weighted by Gasteiger charge is -2.06. The van der Waals surface area contributed by atoms with Gasteiger partial charge in [0.2, 0.25) is 0 Å². The molecule has 0 aliphatic rings. The molecule has 0 aliphatic heterocycles. The average Bonchev–Trinajstić information content (AvgIpc) is 3.39. The number of amides is 1. The number of carbonyl (C=O) groups excluding carboxylic acids is 1. The molecule has 196 valence electrons. The van der Waals surface area contributed by atoms with Crippen molar-refractivity contribution in [2.24, 2.45) is 5.10 Å². The molecule has 7 nitrogen and oxygen atoms in total. The van der Waals surface area contributed by atoms with Crippen LogP contribution >= 0.6 is 0 Å². The number of ether oxygens (including phenoxy) is 2. The molecule has 0 saturated carbocycles. The Hall–Kier alpha value is -4.39. The van der Waals surface area contributed by atoms with Crippen molar-refractivity contribution in [2.45, 2.75) is 39.5 Å². The first-order chi connectivity index (χ1) is 18.7. The number of aryl methyl sites for hydroxylation is 1. The van der Waals surface area contributed by atoms with Crippen molar-refractivity contribution < 1.29 is 14.3 Å². The summed E-state index contributed by atoms with van der Waals surface area (Å²) in [4.78, 5) is 12.3. The second kappa shape index (κ2) is 13.8. The maximum absolute atomic E-state index is 12.3. The number of nitrogens with one attached hydrogen (secondary N) is 1. The summed E-state index contributed by atoms with van der Waals surface area (Å²) < 4.78 is 13.1. The van der Waals surface area contributed by atoms with Gasteiger partial charge in [-0.25, -0.2) is 10.1 Å². The van der Waals surface area contributed by atoms with E-state index in [9.17, 15) is 4.79 Å². The van der Waals surface area contributed by atoms with Gasteiger partial charge >= 0.3 is 0 Å². The molecule has 4 rings (SSSR count). The fourth-order valence-electron chi connectivity index (χ4n) is 3.84. The first-order valence-electron chi connectivity index (χ1n) is 13.1. The van der Waals surface area contributed by atoms with E-state index >= 15 is 0 Å². The van der Waals surface area contributed by atoms with Crippen LogP contribution in [-0.2, 0) is 11.2 Å². The topological polar surface area (TPSA) is 77.7 Å². The van der Waals surface area contributed by atoms with Gasteiger partial charge in [0.25, 0.3) is 5.91 Å². The van der Waals surface area contributed by atoms with Crippen LogP contribution in [0.2, 0.25) is 0 Å². The number of hydrogen-bond acceptors (Lipinski definition) is 5. The first-order valence-corrected chi connectivity index (χ1v) is 13.1. The minimum Gasteiger partial charge on any atom is -0.494 e. The minimum atomic E-state index is -0.342. The Balaban J connectivity index is 1.42. The van der Waals surface area contributed by atoms with E-state index in [1.54, 1.807) is 10.9 Å². The maximum atomic E-state index is 12.3. The van der Waals surface area contributed by atoms with Gasteiger partial charge in [-0.2, -0.15) is 10.2 Å². The summed E-state index contributed by atoms with van der Waals surface area (Å²) in [5.74, 6) is 1.13. The standard InChI is InChI=1S/C31H34N4O3/c1-3-5-9-24-12-16-29(17-13-24)38-23-30(36)33-32-21-26-22-35(27-10-7-6-8-11-27)34-31(26)25-14-18-28(19-15-25)37-20-4-2/h6-8,10-19,21-22H,3-5,9,20,23H2,1-2H3,(H,33,36)/b32-21+. The predicted octanol–water partition coefficient (Wildman–Crippen LogP) is 6.20. The van der Waals surface area contributed by atoms with Crippen molar-refractivity contribution in [1.82, 2.24) is 15.2 Å². The Morgan fingerprint density at radius 1 is 0.921 bits per heavy atom. The molecule has 1 aromatic heterocycles. The Bertz CT molecular complexity index is 1310. The fourth-order valence-corrected chi connectivity index (χ4v) is 3.84. The highest BCUT2D eigenvalue weighted by Gasteiger charge is 2.12. The lowest BCUT2D eigenvalue weighted by Crippen LogP contribution is -2.24. The number of unbranched alkanes of at least 4 members (excludes halogenated alkanes) is 1. The van der Waals surface area contributed by atoms with Gasteiger partial charge in [-0.1, -0.05) is 50.6 Å². The van der Waals surface area contributed by atoms with Crippen molar-refractivity contribution >= 4 is 12.1 Å². The molecule has 0 unspecified atom stereocenters. The smallest absolute Gasteiger partial charge is 0.277 e. The second-order valence-electron chi connectivity index (χ2n) is 8.92. The molecule has 0 bridgehead atoms. The highest BCUT2D eigenvalue weighted by atomic mass is 16.5. The third kappa shape index (κ3) is 7.56. The van der Waals surface area contributed by atoms with E-state index in [0.29, 0.717) is 12.4 Å². The molecule has 1 amide bonds. The molecule has 1 N–H and O–H groups in total. The van der Waals surface area contributed by atoms with Gasteiger partial charge in [0, 0.05) is 17.3 Å². The van der Waals surface area contributed by atoms with E-state index in [0.717, 1.165) is 53.9 Å². The summed E-state index contributed by atoms with van der Waals surface area (Å²) in [7, 11) is 0. The van der Waals surface area contributed by atoms with Crippen molar-refractivity contribution in [3.63, 3.8) is 0 Å². The molecule has 0 saturated heterocycles. The number of para-hydroxylation sites is 1. The van der Waals surface area contributed by atoms with Crippen molar-refractivity contribution in [1.29, 1.82) is 0 Å². The molecule has 0 fully saturated rings. The number of carbonyl (C=O) groups is 1. The van der Waals surface area contributed by atoms with E-state index < -0.39 is 0 Å². The van der Waals surface area contributed by atoms with E-state index in [1.165, 1.54) is 5.56 Å². The van der Waals surface area contributed by atoms with Crippen LogP contribution < -0.4 is 14.9 Å². The number of nitrogens with zero attached hydrogens (tertiary/aromatic N) is 3. The first kappa shape index (κ1) is 26.7. The van der Waals surface area contributed by atoms with Crippen LogP contribution in [0.5, 0.6) is 11.5 Å². The minimum absolute atomic E-state index is 0.124. The molecular formula is C31H34N4O3. The Morgan fingerprint density at radius 2 is 1.63 bits per heavy atom. The Kier molecular flexibility index (Phi) is 9.68. The number of hydrazone groups is 1. The van der Waals surface area contributed by atoms with Gasteiger partial charge in [0.1, 0.15) is 17.2 Å². The zero-order chi connectivity index (χ0) is 26.6. The van der Waals surface area contributed by atoms with Gasteiger partial charge in [-0.3, -0.25) is 4.79 Å². The van der Waals surface area contributed by atoms with E-state index in [-0.39, 0.29) is 12.5 Å². The molecule has 0 atom stereocenters. The molecule has 3 aromatic carbocycles. The SMILES string of the molecule is CCCCc1ccc(OCC(=O)N/N=C/c2cn(-c3ccccc3)nc2-c2ccc(OCCC)cc2)cc1. The number of benzene rings is 3. The van der Waals surface area contributed by atoms with Crippen molar-refractivity contribution in [2.75, 3.05) is 13.2 Å². The summed E-state index contributed by atoms with van der Waals surface area (Å²) in [5, 5.41) is 8.96. The van der Waals surface area contributed by atoms with Gasteiger partial charge in [0.15, 0.2) is 6.61 Å². The molecule has 0 radical (unpaired) electrons. The van der Waals surface area contributed by atoms with Gasteiger partial charge in [-0.05, 0) is 73.4 Å². The lowest BCUT2D eigenvalue weighted by molar-refractivity contribution is -0.123. The molecular weight excluding hydrogens is 476 g/mol. The summed E-state index contributed by atoms with van der Waals surface area (Å²) in [6.45, 7) is 4.80. The molecule has 4 aromatic rings. The van der Waals surface area contributed by atoms with Crippen molar-refractivity contribution in [3.05, 3.63) is 96.2 Å². The normalized spacial score (nSPS) is 11.0. The third-order valence-electron chi connectivity index (χ3n) is 5.87. The third-order valence-corrected chi connectivity index (χ3v) is 5.87. The average molecular weight is 511 g/mol. The number of rotatable bonds is 13. The van der Waals surface area contributed by atoms with Crippen LogP contribution in [0.3, 0.4) is 0 Å². The van der Waals surface area contributed by atoms with Gasteiger partial charge < -0.3 is 9.47 Å². The molecule has 38 heavy (non-hydrogen) atoms. The molecule has 0 aliphatic carbocycles. The number of aromatic nitrogens is 2. The largest absolute Gasteiger partial charge is 0.494 e. The predicted molar refractivity (Wildman–Crippen MR) is 151 cm³/mol. The fraction of sp³-hybridized carbons (Fsp3) is 0.258. The highest BCUT2D eigenvalue weighted by molar-refractivity contribution is 5.89.